The lowest BCUT2D eigenvalue weighted by Crippen LogP contribution is -2.15. The highest BCUT2D eigenvalue weighted by atomic mass is 32.2. The molecule has 2 rings (SSSR count). The summed E-state index contributed by atoms with van der Waals surface area (Å²) in [5.74, 6) is 0. The Bertz CT molecular complexity index is 693. The van der Waals surface area contributed by atoms with Crippen LogP contribution in [-0.2, 0) is 16.6 Å². The topological polar surface area (TPSA) is 98.2 Å². The average Bonchev–Trinajstić information content (AvgIpc) is 2.72. The number of rotatable bonds is 4. The Balaban J connectivity index is 2.28. The summed E-state index contributed by atoms with van der Waals surface area (Å²) < 4.78 is 23.0. The van der Waals surface area contributed by atoms with Crippen molar-refractivity contribution in [2.75, 3.05) is 11.1 Å². The number of hydrogen-bond donors (Lipinski definition) is 3. The predicted molar refractivity (Wildman–Crippen MR) is 78.6 cm³/mol. The monoisotopic (exact) mass is 297 g/mol. The van der Waals surface area contributed by atoms with Gasteiger partial charge in [0, 0.05) is 12.2 Å². The number of nitrogen functional groups attached to an aromatic ring is 1. The molecule has 7 heteroatoms. The number of hydrogen-bond acceptors (Lipinski definition) is 5. The second kappa shape index (κ2) is 5.20. The van der Waals surface area contributed by atoms with Gasteiger partial charge in [0.2, 0.25) is 10.0 Å². The summed E-state index contributed by atoms with van der Waals surface area (Å²) >= 11 is 1.61. The van der Waals surface area contributed by atoms with E-state index in [4.69, 9.17) is 10.9 Å². The van der Waals surface area contributed by atoms with Crippen LogP contribution >= 0.6 is 11.3 Å². The van der Waals surface area contributed by atoms with Gasteiger partial charge in [-0.25, -0.2) is 13.6 Å². The Labute approximate surface area is 116 Å². The summed E-state index contributed by atoms with van der Waals surface area (Å²) in [6.07, 6.45) is 0. The molecule has 0 radical (unpaired) electrons. The Morgan fingerprint density at radius 2 is 2.05 bits per heavy atom. The van der Waals surface area contributed by atoms with E-state index in [1.807, 2.05) is 17.7 Å². The molecule has 0 saturated heterocycles. The summed E-state index contributed by atoms with van der Waals surface area (Å²) in [7, 11) is -3.80. The molecule has 0 saturated carbocycles. The number of benzene rings is 1. The smallest absolute Gasteiger partial charge is 0.240 e. The van der Waals surface area contributed by atoms with Gasteiger partial charge >= 0.3 is 0 Å². The molecular weight excluding hydrogens is 282 g/mol. The zero-order valence-corrected chi connectivity index (χ0v) is 12.0. The van der Waals surface area contributed by atoms with Crippen molar-refractivity contribution in [3.8, 4) is 0 Å². The lowest BCUT2D eigenvalue weighted by molar-refractivity contribution is 0.598. The van der Waals surface area contributed by atoms with Gasteiger partial charge in [-0.3, -0.25) is 0 Å². The SMILES string of the molecule is Cc1cscc1CNc1ccc(N)cc1S(N)(=O)=O. The van der Waals surface area contributed by atoms with E-state index in [1.54, 1.807) is 23.5 Å². The third kappa shape index (κ3) is 3.25. The molecule has 2 aromatic rings. The number of sulfonamides is 1. The van der Waals surface area contributed by atoms with Crippen LogP contribution in [0.25, 0.3) is 0 Å². The molecule has 102 valence electrons. The summed E-state index contributed by atoms with van der Waals surface area (Å²) in [5.41, 5.74) is 8.71. The van der Waals surface area contributed by atoms with E-state index in [9.17, 15) is 8.42 Å². The number of primary sulfonamides is 1. The van der Waals surface area contributed by atoms with Crippen LogP contribution in [0.2, 0.25) is 0 Å². The minimum absolute atomic E-state index is 0.0142. The van der Waals surface area contributed by atoms with E-state index in [0.717, 1.165) is 5.56 Å². The highest BCUT2D eigenvalue weighted by Crippen LogP contribution is 2.24. The first-order valence-corrected chi connectivity index (χ1v) is 8.04. The lowest BCUT2D eigenvalue weighted by atomic mass is 10.2. The summed E-state index contributed by atoms with van der Waals surface area (Å²) in [6, 6.07) is 4.62. The molecule has 0 aliphatic rings. The van der Waals surface area contributed by atoms with Gasteiger partial charge in [-0.2, -0.15) is 11.3 Å². The van der Waals surface area contributed by atoms with Gasteiger partial charge in [0.15, 0.2) is 0 Å². The van der Waals surface area contributed by atoms with Gasteiger partial charge in [-0.05, 0) is 47.0 Å². The maximum Gasteiger partial charge on any atom is 0.240 e. The molecule has 0 bridgehead atoms. The van der Waals surface area contributed by atoms with Crippen LogP contribution in [0.15, 0.2) is 33.9 Å². The van der Waals surface area contributed by atoms with Gasteiger partial charge in [0.05, 0.1) is 5.69 Å². The van der Waals surface area contributed by atoms with Crippen molar-refractivity contribution in [3.63, 3.8) is 0 Å². The second-order valence-corrected chi connectivity index (χ2v) is 6.51. The molecule has 0 atom stereocenters. The highest BCUT2D eigenvalue weighted by molar-refractivity contribution is 7.89. The Hall–Kier alpha value is -1.57. The van der Waals surface area contributed by atoms with Gasteiger partial charge in [-0.1, -0.05) is 0 Å². The molecule has 1 aromatic carbocycles. The zero-order valence-electron chi connectivity index (χ0n) is 10.4. The van der Waals surface area contributed by atoms with Crippen LogP contribution in [0.4, 0.5) is 11.4 Å². The van der Waals surface area contributed by atoms with E-state index in [1.165, 1.54) is 11.6 Å². The molecule has 1 heterocycles. The van der Waals surface area contributed by atoms with Crippen molar-refractivity contribution >= 4 is 32.7 Å². The van der Waals surface area contributed by atoms with Crippen LogP contribution in [0.1, 0.15) is 11.1 Å². The van der Waals surface area contributed by atoms with E-state index in [-0.39, 0.29) is 4.90 Å². The summed E-state index contributed by atoms with van der Waals surface area (Å²) in [6.45, 7) is 2.55. The number of nitrogens with two attached hydrogens (primary N) is 2. The van der Waals surface area contributed by atoms with Crippen molar-refractivity contribution in [2.24, 2.45) is 5.14 Å². The largest absolute Gasteiger partial charge is 0.399 e. The fourth-order valence-corrected chi connectivity index (χ4v) is 3.28. The number of nitrogens with one attached hydrogen (secondary N) is 1. The first-order chi connectivity index (χ1) is 8.88. The Kier molecular flexibility index (Phi) is 3.79. The molecule has 0 spiro atoms. The van der Waals surface area contributed by atoms with Gasteiger partial charge < -0.3 is 11.1 Å². The minimum atomic E-state index is -3.80. The van der Waals surface area contributed by atoms with Gasteiger partial charge in [-0.15, -0.1) is 0 Å². The fourth-order valence-electron chi connectivity index (χ4n) is 1.68. The first-order valence-electron chi connectivity index (χ1n) is 5.56. The van der Waals surface area contributed by atoms with Crippen LogP contribution < -0.4 is 16.2 Å². The molecule has 0 fully saturated rings. The van der Waals surface area contributed by atoms with Gasteiger partial charge in [0.1, 0.15) is 4.90 Å². The molecule has 0 aliphatic heterocycles. The third-order valence-electron chi connectivity index (χ3n) is 2.74. The molecule has 0 unspecified atom stereocenters. The number of anilines is 2. The lowest BCUT2D eigenvalue weighted by Gasteiger charge is -2.11. The zero-order chi connectivity index (χ0) is 14.0. The summed E-state index contributed by atoms with van der Waals surface area (Å²) in [5, 5.41) is 12.3. The van der Waals surface area contributed by atoms with Crippen molar-refractivity contribution in [1.82, 2.24) is 0 Å². The maximum atomic E-state index is 11.5. The van der Waals surface area contributed by atoms with Gasteiger partial charge in [0.25, 0.3) is 0 Å². The standard InChI is InChI=1S/C12H15N3O2S2/c1-8-6-18-7-9(8)5-15-11-3-2-10(13)4-12(11)19(14,16)17/h2-4,6-7,15H,5,13H2,1H3,(H2,14,16,17). The second-order valence-electron chi connectivity index (χ2n) is 4.23. The predicted octanol–water partition coefficient (Wildman–Crippen LogP) is 1.90. The van der Waals surface area contributed by atoms with Crippen LogP contribution in [0.3, 0.4) is 0 Å². The highest BCUT2D eigenvalue weighted by Gasteiger charge is 2.14. The molecule has 19 heavy (non-hydrogen) atoms. The molecular formula is C12H15N3O2S2. The summed E-state index contributed by atoms with van der Waals surface area (Å²) in [4.78, 5) is 0.0142. The Morgan fingerprint density at radius 1 is 1.32 bits per heavy atom. The van der Waals surface area contributed by atoms with Crippen molar-refractivity contribution in [3.05, 3.63) is 40.1 Å². The minimum Gasteiger partial charge on any atom is -0.399 e. The molecule has 0 amide bonds. The molecule has 5 N–H and O–H groups in total. The van der Waals surface area contributed by atoms with E-state index in [0.29, 0.717) is 17.9 Å². The van der Waals surface area contributed by atoms with E-state index >= 15 is 0 Å². The normalized spacial score (nSPS) is 11.5. The molecule has 0 aliphatic carbocycles. The molecule has 5 nitrogen and oxygen atoms in total. The van der Waals surface area contributed by atoms with Crippen LogP contribution in [0, 0.1) is 6.92 Å². The van der Waals surface area contributed by atoms with Crippen LogP contribution in [0.5, 0.6) is 0 Å². The number of aryl methyl sites for hydroxylation is 1. The average molecular weight is 297 g/mol. The quantitative estimate of drug-likeness (QED) is 0.751. The van der Waals surface area contributed by atoms with Crippen LogP contribution in [-0.4, -0.2) is 8.42 Å². The van der Waals surface area contributed by atoms with Crippen molar-refractivity contribution in [2.45, 2.75) is 18.4 Å². The fraction of sp³-hybridized carbons (Fsp3) is 0.167. The van der Waals surface area contributed by atoms with Crippen molar-refractivity contribution in [1.29, 1.82) is 0 Å². The maximum absolute atomic E-state index is 11.5. The molecule has 1 aromatic heterocycles. The third-order valence-corrected chi connectivity index (χ3v) is 4.60. The van der Waals surface area contributed by atoms with Crippen molar-refractivity contribution < 1.29 is 8.42 Å². The first kappa shape index (κ1) is 13.9. The van der Waals surface area contributed by atoms with E-state index in [2.05, 4.69) is 5.32 Å². The van der Waals surface area contributed by atoms with E-state index < -0.39 is 10.0 Å². The Morgan fingerprint density at radius 3 is 2.63 bits per heavy atom. The number of thiophene rings is 1.